The molecular formula is C18H28N2O4S. The molecule has 1 saturated heterocycles. The minimum Gasteiger partial charge on any atom is -0.481 e. The number of nitrogens with zero attached hydrogens (tertiary/aromatic N) is 2. The number of benzene rings is 1. The second-order valence-electron chi connectivity index (χ2n) is 6.75. The molecule has 0 N–H and O–H groups in total. The van der Waals surface area contributed by atoms with Crippen LogP contribution in [0.3, 0.4) is 0 Å². The van der Waals surface area contributed by atoms with Crippen molar-refractivity contribution in [3.8, 4) is 5.75 Å². The largest absolute Gasteiger partial charge is 0.481 e. The van der Waals surface area contributed by atoms with Crippen LogP contribution < -0.4 is 9.04 Å². The van der Waals surface area contributed by atoms with Crippen LogP contribution in [0.1, 0.15) is 33.1 Å². The molecule has 6 nitrogen and oxygen atoms in total. The fourth-order valence-electron chi connectivity index (χ4n) is 2.83. The minimum absolute atomic E-state index is 0.0340. The van der Waals surface area contributed by atoms with Gasteiger partial charge in [-0.05, 0) is 49.4 Å². The van der Waals surface area contributed by atoms with Gasteiger partial charge in [-0.25, -0.2) is 8.42 Å². The fourth-order valence-corrected chi connectivity index (χ4v) is 3.34. The van der Waals surface area contributed by atoms with Gasteiger partial charge in [0, 0.05) is 20.1 Å². The van der Waals surface area contributed by atoms with E-state index in [1.807, 2.05) is 11.8 Å². The highest BCUT2D eigenvalue weighted by atomic mass is 32.2. The summed E-state index contributed by atoms with van der Waals surface area (Å²) >= 11 is 0. The molecule has 1 aliphatic rings. The van der Waals surface area contributed by atoms with Crippen molar-refractivity contribution >= 4 is 21.6 Å². The molecule has 1 heterocycles. The van der Waals surface area contributed by atoms with Crippen LogP contribution in [0.2, 0.25) is 0 Å². The number of ether oxygens (including phenoxy) is 1. The molecule has 1 atom stereocenters. The zero-order valence-electron chi connectivity index (χ0n) is 15.4. The summed E-state index contributed by atoms with van der Waals surface area (Å²) in [4.78, 5) is 14.5. The number of hydrogen-bond acceptors (Lipinski definition) is 4. The summed E-state index contributed by atoms with van der Waals surface area (Å²) < 4.78 is 30.2. The smallest absolute Gasteiger partial charge is 0.263 e. The lowest BCUT2D eigenvalue weighted by atomic mass is 9.99. The normalized spacial score (nSPS) is 17.2. The zero-order valence-corrected chi connectivity index (χ0v) is 16.3. The molecule has 140 valence electrons. The van der Waals surface area contributed by atoms with E-state index in [2.05, 4.69) is 6.92 Å². The van der Waals surface area contributed by atoms with Crippen molar-refractivity contribution in [2.75, 3.05) is 30.7 Å². The lowest BCUT2D eigenvalue weighted by molar-refractivity contribution is -0.140. The molecule has 1 aromatic rings. The second kappa shape index (κ2) is 8.08. The highest BCUT2D eigenvalue weighted by Gasteiger charge is 2.27. The van der Waals surface area contributed by atoms with Gasteiger partial charge in [-0.2, -0.15) is 0 Å². The molecule has 2 rings (SSSR count). The predicted octanol–water partition coefficient (Wildman–Crippen LogP) is 2.50. The van der Waals surface area contributed by atoms with Gasteiger partial charge in [-0.15, -0.1) is 0 Å². The summed E-state index contributed by atoms with van der Waals surface area (Å²) in [6, 6.07) is 6.75. The van der Waals surface area contributed by atoms with Gasteiger partial charge < -0.3 is 9.64 Å². The highest BCUT2D eigenvalue weighted by molar-refractivity contribution is 7.92. The molecule has 0 aliphatic carbocycles. The monoisotopic (exact) mass is 368 g/mol. The van der Waals surface area contributed by atoms with E-state index in [4.69, 9.17) is 4.74 Å². The third-order valence-corrected chi connectivity index (χ3v) is 5.92. The average molecular weight is 368 g/mol. The minimum atomic E-state index is -3.30. The number of rotatable bonds is 6. The van der Waals surface area contributed by atoms with E-state index >= 15 is 0 Å². The standard InChI is InChI=1S/C18H28N2O4S/c1-5-17(18(21)20-12-10-14(2)11-13-20)24-16-8-6-15(7-9-16)19(3)25(4,22)23/h6-9,14,17H,5,10-13H2,1-4H3/t17-/m1/s1. The lowest BCUT2D eigenvalue weighted by Crippen LogP contribution is -2.45. The number of anilines is 1. The molecule has 1 aliphatic heterocycles. The van der Waals surface area contributed by atoms with Gasteiger partial charge in [0.05, 0.1) is 11.9 Å². The van der Waals surface area contributed by atoms with Gasteiger partial charge in [0.25, 0.3) is 5.91 Å². The van der Waals surface area contributed by atoms with Crippen molar-refractivity contribution < 1.29 is 17.9 Å². The van der Waals surface area contributed by atoms with Gasteiger partial charge in [-0.1, -0.05) is 13.8 Å². The molecular weight excluding hydrogens is 340 g/mol. The van der Waals surface area contributed by atoms with Crippen LogP contribution in [0.5, 0.6) is 5.75 Å². The van der Waals surface area contributed by atoms with Crippen molar-refractivity contribution in [2.24, 2.45) is 5.92 Å². The SMILES string of the molecule is CC[C@@H](Oc1ccc(N(C)S(C)(=O)=O)cc1)C(=O)N1CCC(C)CC1. The highest BCUT2D eigenvalue weighted by Crippen LogP contribution is 2.23. The summed E-state index contributed by atoms with van der Waals surface area (Å²) in [5, 5.41) is 0. The number of hydrogen-bond donors (Lipinski definition) is 0. The third-order valence-electron chi connectivity index (χ3n) is 4.72. The molecule has 1 aromatic carbocycles. The Morgan fingerprint density at radius 2 is 1.84 bits per heavy atom. The Labute approximate surface area is 150 Å². The molecule has 0 saturated carbocycles. The van der Waals surface area contributed by atoms with Crippen molar-refractivity contribution in [1.82, 2.24) is 4.90 Å². The molecule has 1 fully saturated rings. The first-order valence-electron chi connectivity index (χ1n) is 8.71. The number of carbonyl (C=O) groups is 1. The van der Waals surface area contributed by atoms with Crippen molar-refractivity contribution in [1.29, 1.82) is 0 Å². The van der Waals surface area contributed by atoms with Crippen LogP contribution in [-0.2, 0) is 14.8 Å². The first-order chi connectivity index (χ1) is 11.7. The second-order valence-corrected chi connectivity index (χ2v) is 8.76. The first kappa shape index (κ1) is 19.6. The molecule has 0 unspecified atom stereocenters. The fraction of sp³-hybridized carbons (Fsp3) is 0.611. The number of sulfonamides is 1. The van der Waals surface area contributed by atoms with Gasteiger partial charge in [0.1, 0.15) is 5.75 Å². The number of likely N-dealkylation sites (tertiary alicyclic amines) is 1. The molecule has 0 radical (unpaired) electrons. The number of piperidine rings is 1. The van der Waals surface area contributed by atoms with Crippen LogP contribution in [0.4, 0.5) is 5.69 Å². The van der Waals surface area contributed by atoms with E-state index in [0.29, 0.717) is 23.8 Å². The predicted molar refractivity (Wildman–Crippen MR) is 99.4 cm³/mol. The van der Waals surface area contributed by atoms with Crippen molar-refractivity contribution in [2.45, 2.75) is 39.2 Å². The Balaban J connectivity index is 2.02. The maximum atomic E-state index is 12.7. The van der Waals surface area contributed by atoms with Gasteiger partial charge in [0.2, 0.25) is 10.0 Å². The summed E-state index contributed by atoms with van der Waals surface area (Å²) in [5.74, 6) is 1.27. The topological polar surface area (TPSA) is 66.9 Å². The van der Waals surface area contributed by atoms with Crippen molar-refractivity contribution in [3.05, 3.63) is 24.3 Å². The molecule has 0 bridgehead atoms. The maximum Gasteiger partial charge on any atom is 0.263 e. The van der Waals surface area contributed by atoms with Crippen LogP contribution in [0.25, 0.3) is 0 Å². The maximum absolute atomic E-state index is 12.7. The third kappa shape index (κ3) is 5.11. The summed E-state index contributed by atoms with van der Waals surface area (Å²) in [6.07, 6.45) is 3.31. The van der Waals surface area contributed by atoms with Crippen LogP contribution >= 0.6 is 0 Å². The molecule has 0 spiro atoms. The van der Waals surface area contributed by atoms with Gasteiger partial charge in [0.15, 0.2) is 6.10 Å². The molecule has 0 aromatic heterocycles. The molecule has 25 heavy (non-hydrogen) atoms. The Bertz CT molecular complexity index is 680. The van der Waals surface area contributed by atoms with Crippen LogP contribution in [0, 0.1) is 5.92 Å². The van der Waals surface area contributed by atoms with Gasteiger partial charge >= 0.3 is 0 Å². The molecule has 7 heteroatoms. The van der Waals surface area contributed by atoms with Crippen LogP contribution in [-0.4, -0.2) is 51.7 Å². The van der Waals surface area contributed by atoms with E-state index in [1.165, 1.54) is 11.4 Å². The average Bonchev–Trinajstić information content (AvgIpc) is 2.59. The summed E-state index contributed by atoms with van der Waals surface area (Å²) in [5.41, 5.74) is 0.555. The molecule has 1 amide bonds. The zero-order chi connectivity index (χ0) is 18.6. The summed E-state index contributed by atoms with van der Waals surface area (Å²) in [6.45, 7) is 5.72. The van der Waals surface area contributed by atoms with Crippen molar-refractivity contribution in [3.63, 3.8) is 0 Å². The number of amides is 1. The van der Waals surface area contributed by atoms with E-state index in [9.17, 15) is 13.2 Å². The summed E-state index contributed by atoms with van der Waals surface area (Å²) in [7, 11) is -1.80. The van der Waals surface area contributed by atoms with E-state index in [1.54, 1.807) is 24.3 Å². The number of carbonyl (C=O) groups excluding carboxylic acids is 1. The van der Waals surface area contributed by atoms with E-state index in [-0.39, 0.29) is 5.91 Å². The van der Waals surface area contributed by atoms with Gasteiger partial charge in [-0.3, -0.25) is 9.10 Å². The van der Waals surface area contributed by atoms with E-state index in [0.717, 1.165) is 32.2 Å². The first-order valence-corrected chi connectivity index (χ1v) is 10.6. The van der Waals surface area contributed by atoms with Crippen LogP contribution in [0.15, 0.2) is 24.3 Å². The Morgan fingerprint density at radius 1 is 1.28 bits per heavy atom. The van der Waals surface area contributed by atoms with E-state index < -0.39 is 16.1 Å². The Hall–Kier alpha value is -1.76. The lowest BCUT2D eigenvalue weighted by Gasteiger charge is -2.32. The Kier molecular flexibility index (Phi) is 6.32. The Morgan fingerprint density at radius 3 is 2.32 bits per heavy atom. The quantitative estimate of drug-likeness (QED) is 0.774.